The van der Waals surface area contributed by atoms with Gasteiger partial charge < -0.3 is 14.7 Å². The molecule has 0 aromatic heterocycles. The summed E-state index contributed by atoms with van der Waals surface area (Å²) in [5.74, 6) is -0.838. The second-order valence-electron chi connectivity index (χ2n) is 4.83. The number of hydrogen-bond donors (Lipinski definition) is 1. The molecule has 0 saturated carbocycles. The van der Waals surface area contributed by atoms with Crippen LogP contribution >= 0.6 is 0 Å². The van der Waals surface area contributed by atoms with Crippen LogP contribution in [0, 0.1) is 0 Å². The minimum Gasteiger partial charge on any atom is -0.480 e. The van der Waals surface area contributed by atoms with Crippen molar-refractivity contribution in [2.24, 2.45) is 0 Å². The molecule has 0 atom stereocenters. The lowest BCUT2D eigenvalue weighted by molar-refractivity contribution is -0.135. The Bertz CT molecular complexity index is 566. The van der Waals surface area contributed by atoms with Crippen LogP contribution in [0.1, 0.15) is 11.1 Å². The molecule has 2 aromatic carbocycles. The van der Waals surface area contributed by atoms with E-state index in [0.717, 1.165) is 16.8 Å². The third kappa shape index (κ3) is 4.61. The van der Waals surface area contributed by atoms with Gasteiger partial charge in [0, 0.05) is 19.3 Å². The van der Waals surface area contributed by atoms with Crippen molar-refractivity contribution in [2.75, 3.05) is 18.6 Å². The number of carbonyl (C=O) groups is 1. The normalized spacial score (nSPS) is 10.3. The Labute approximate surface area is 124 Å². The van der Waals surface area contributed by atoms with Crippen LogP contribution < -0.4 is 4.90 Å². The summed E-state index contributed by atoms with van der Waals surface area (Å²) in [6.45, 7) is 1.12. The van der Waals surface area contributed by atoms with E-state index in [0.29, 0.717) is 13.2 Å². The monoisotopic (exact) mass is 285 g/mol. The molecule has 4 nitrogen and oxygen atoms in total. The van der Waals surface area contributed by atoms with Gasteiger partial charge >= 0.3 is 5.97 Å². The average Bonchev–Trinajstić information content (AvgIpc) is 2.49. The van der Waals surface area contributed by atoms with Gasteiger partial charge in [-0.15, -0.1) is 0 Å². The number of hydrogen-bond acceptors (Lipinski definition) is 3. The van der Waals surface area contributed by atoms with Gasteiger partial charge in [-0.3, -0.25) is 4.79 Å². The van der Waals surface area contributed by atoms with E-state index in [9.17, 15) is 4.79 Å². The quantitative estimate of drug-likeness (QED) is 0.849. The molecule has 0 bridgehead atoms. The molecule has 2 aromatic rings. The molecule has 0 aliphatic carbocycles. The first-order chi connectivity index (χ1) is 10.2. The SMILES string of the molecule is COCc1ccc(CN(CC(=O)O)c2ccccc2)cc1. The molecule has 110 valence electrons. The van der Waals surface area contributed by atoms with Crippen LogP contribution in [0.2, 0.25) is 0 Å². The highest BCUT2D eigenvalue weighted by molar-refractivity contribution is 5.73. The fourth-order valence-electron chi connectivity index (χ4n) is 2.17. The molecular weight excluding hydrogens is 266 g/mol. The van der Waals surface area contributed by atoms with Gasteiger partial charge in [-0.05, 0) is 23.3 Å². The lowest BCUT2D eigenvalue weighted by Crippen LogP contribution is -2.29. The zero-order chi connectivity index (χ0) is 15.1. The van der Waals surface area contributed by atoms with Crippen molar-refractivity contribution < 1.29 is 14.6 Å². The standard InChI is InChI=1S/C17H19NO3/c1-21-13-15-9-7-14(8-10-15)11-18(12-17(19)20)16-5-3-2-4-6-16/h2-10H,11-13H2,1H3,(H,19,20). The van der Waals surface area contributed by atoms with Crippen molar-refractivity contribution in [3.8, 4) is 0 Å². The Morgan fingerprint density at radius 3 is 2.24 bits per heavy atom. The van der Waals surface area contributed by atoms with Gasteiger partial charge in [0.25, 0.3) is 0 Å². The topological polar surface area (TPSA) is 49.8 Å². The molecule has 0 aliphatic rings. The predicted molar refractivity (Wildman–Crippen MR) is 82.3 cm³/mol. The van der Waals surface area contributed by atoms with Crippen LogP contribution in [0.3, 0.4) is 0 Å². The molecule has 0 saturated heterocycles. The highest BCUT2D eigenvalue weighted by Gasteiger charge is 2.11. The zero-order valence-corrected chi connectivity index (χ0v) is 12.0. The number of benzene rings is 2. The van der Waals surface area contributed by atoms with E-state index in [2.05, 4.69) is 0 Å². The Hall–Kier alpha value is -2.33. The highest BCUT2D eigenvalue weighted by Crippen LogP contribution is 2.17. The van der Waals surface area contributed by atoms with Crippen LogP contribution in [-0.2, 0) is 22.7 Å². The number of rotatable bonds is 7. The molecule has 0 amide bonds. The number of nitrogens with zero attached hydrogens (tertiary/aromatic N) is 1. The van der Waals surface area contributed by atoms with Crippen LogP contribution in [0.4, 0.5) is 5.69 Å². The number of anilines is 1. The molecule has 0 spiro atoms. The largest absolute Gasteiger partial charge is 0.480 e. The Morgan fingerprint density at radius 1 is 1.05 bits per heavy atom. The van der Waals surface area contributed by atoms with Crippen molar-refractivity contribution in [1.82, 2.24) is 0 Å². The summed E-state index contributed by atoms with van der Waals surface area (Å²) in [6.07, 6.45) is 0. The second kappa shape index (κ2) is 7.45. The number of para-hydroxylation sites is 1. The highest BCUT2D eigenvalue weighted by atomic mass is 16.5. The van der Waals surface area contributed by atoms with E-state index in [1.165, 1.54) is 0 Å². The summed E-state index contributed by atoms with van der Waals surface area (Å²) < 4.78 is 5.08. The number of carboxylic acids is 1. The maximum absolute atomic E-state index is 11.1. The molecule has 21 heavy (non-hydrogen) atoms. The lowest BCUT2D eigenvalue weighted by atomic mass is 10.1. The molecular formula is C17H19NO3. The molecule has 4 heteroatoms. The van der Waals surface area contributed by atoms with Crippen LogP contribution in [-0.4, -0.2) is 24.7 Å². The van der Waals surface area contributed by atoms with Gasteiger partial charge in [-0.1, -0.05) is 42.5 Å². The first-order valence-electron chi connectivity index (χ1n) is 6.77. The molecule has 0 unspecified atom stereocenters. The maximum Gasteiger partial charge on any atom is 0.323 e. The molecule has 0 fully saturated rings. The van der Waals surface area contributed by atoms with Gasteiger partial charge in [-0.25, -0.2) is 0 Å². The van der Waals surface area contributed by atoms with Gasteiger partial charge in [0.15, 0.2) is 0 Å². The summed E-state index contributed by atoms with van der Waals surface area (Å²) in [4.78, 5) is 12.9. The van der Waals surface area contributed by atoms with Gasteiger partial charge in [0.2, 0.25) is 0 Å². The fraction of sp³-hybridized carbons (Fsp3) is 0.235. The van der Waals surface area contributed by atoms with Gasteiger partial charge in [-0.2, -0.15) is 0 Å². The van der Waals surface area contributed by atoms with Crippen molar-refractivity contribution >= 4 is 11.7 Å². The average molecular weight is 285 g/mol. The van der Waals surface area contributed by atoms with E-state index in [1.54, 1.807) is 7.11 Å². The third-order valence-electron chi connectivity index (χ3n) is 3.15. The molecule has 0 aliphatic heterocycles. The van der Waals surface area contributed by atoms with Crippen LogP contribution in [0.15, 0.2) is 54.6 Å². The summed E-state index contributed by atoms with van der Waals surface area (Å²) in [7, 11) is 1.66. The Balaban J connectivity index is 2.13. The predicted octanol–water partition coefficient (Wildman–Crippen LogP) is 2.92. The molecule has 0 heterocycles. The Kier molecular flexibility index (Phi) is 5.35. The first-order valence-corrected chi connectivity index (χ1v) is 6.77. The first kappa shape index (κ1) is 15.1. The smallest absolute Gasteiger partial charge is 0.323 e. The minimum atomic E-state index is -0.838. The van der Waals surface area contributed by atoms with E-state index in [-0.39, 0.29) is 6.54 Å². The summed E-state index contributed by atoms with van der Waals surface area (Å²) in [5, 5.41) is 9.08. The van der Waals surface area contributed by atoms with E-state index in [1.807, 2.05) is 59.5 Å². The van der Waals surface area contributed by atoms with Crippen molar-refractivity contribution in [1.29, 1.82) is 0 Å². The number of ether oxygens (including phenoxy) is 1. The maximum atomic E-state index is 11.1. The van der Waals surface area contributed by atoms with E-state index >= 15 is 0 Å². The van der Waals surface area contributed by atoms with Crippen LogP contribution in [0.5, 0.6) is 0 Å². The summed E-state index contributed by atoms with van der Waals surface area (Å²) >= 11 is 0. The molecule has 0 radical (unpaired) electrons. The van der Waals surface area contributed by atoms with E-state index in [4.69, 9.17) is 9.84 Å². The third-order valence-corrected chi connectivity index (χ3v) is 3.15. The fourth-order valence-corrected chi connectivity index (χ4v) is 2.17. The minimum absolute atomic E-state index is 0.0240. The second-order valence-corrected chi connectivity index (χ2v) is 4.83. The molecule has 2 rings (SSSR count). The zero-order valence-electron chi connectivity index (χ0n) is 12.0. The van der Waals surface area contributed by atoms with Crippen molar-refractivity contribution in [3.05, 3.63) is 65.7 Å². The molecule has 1 N–H and O–H groups in total. The van der Waals surface area contributed by atoms with Gasteiger partial charge in [0.05, 0.1) is 6.61 Å². The number of carboxylic acid groups (broad SMARTS) is 1. The summed E-state index contributed by atoms with van der Waals surface area (Å²) in [6, 6.07) is 17.6. The van der Waals surface area contributed by atoms with E-state index < -0.39 is 5.97 Å². The van der Waals surface area contributed by atoms with Crippen molar-refractivity contribution in [3.63, 3.8) is 0 Å². The Morgan fingerprint density at radius 2 is 1.67 bits per heavy atom. The van der Waals surface area contributed by atoms with Crippen LogP contribution in [0.25, 0.3) is 0 Å². The summed E-state index contributed by atoms with van der Waals surface area (Å²) in [5.41, 5.74) is 3.08. The van der Waals surface area contributed by atoms with Crippen molar-refractivity contribution in [2.45, 2.75) is 13.2 Å². The van der Waals surface area contributed by atoms with Gasteiger partial charge in [0.1, 0.15) is 6.54 Å². The number of aliphatic carboxylic acids is 1. The number of methoxy groups -OCH3 is 1. The lowest BCUT2D eigenvalue weighted by Gasteiger charge is -2.23.